The molecule has 2 rings (SSSR count). The summed E-state index contributed by atoms with van der Waals surface area (Å²) >= 11 is 0. The van der Waals surface area contributed by atoms with Gasteiger partial charge in [0.2, 0.25) is 0 Å². The van der Waals surface area contributed by atoms with Crippen LogP contribution in [0.1, 0.15) is 77.6 Å². The number of hydrogen-bond donors (Lipinski definition) is 0. The van der Waals surface area contributed by atoms with Gasteiger partial charge in [0.15, 0.2) is 5.78 Å². The van der Waals surface area contributed by atoms with Crippen LogP contribution in [0, 0.1) is 0 Å². The molecule has 98 valence electrons. The van der Waals surface area contributed by atoms with Gasteiger partial charge < -0.3 is 4.74 Å². The van der Waals surface area contributed by atoms with Crippen molar-refractivity contribution in [3.63, 3.8) is 0 Å². The summed E-state index contributed by atoms with van der Waals surface area (Å²) < 4.78 is 5.67. The Hall–Kier alpha value is -0.370. The molecular weight excluding hydrogens is 212 g/mol. The van der Waals surface area contributed by atoms with E-state index in [0.717, 1.165) is 25.7 Å². The topological polar surface area (TPSA) is 29.6 Å². The lowest BCUT2D eigenvalue weighted by Gasteiger charge is -2.15. The molecular formula is C15H26O2. The first kappa shape index (κ1) is 13.1. The number of epoxide rings is 1. The number of ether oxygens (including phenoxy) is 1. The zero-order chi connectivity index (χ0) is 12.1. The van der Waals surface area contributed by atoms with Crippen LogP contribution in [0.4, 0.5) is 0 Å². The van der Waals surface area contributed by atoms with Gasteiger partial charge in [-0.15, -0.1) is 0 Å². The summed E-state index contributed by atoms with van der Waals surface area (Å²) in [7, 11) is 0. The second-order valence-electron chi connectivity index (χ2n) is 5.75. The second-order valence-corrected chi connectivity index (χ2v) is 5.75. The fraction of sp³-hybridized carbons (Fsp3) is 0.933. The molecule has 0 radical (unpaired) electrons. The largest absolute Gasteiger partial charge is 0.358 e. The molecule has 0 amide bonds. The van der Waals surface area contributed by atoms with Gasteiger partial charge in [0, 0.05) is 6.42 Å². The van der Waals surface area contributed by atoms with Crippen molar-refractivity contribution in [3.8, 4) is 0 Å². The average Bonchev–Trinajstić information content (AvgIpc) is 3.05. The van der Waals surface area contributed by atoms with E-state index in [0.29, 0.717) is 5.78 Å². The van der Waals surface area contributed by atoms with Crippen LogP contribution < -0.4 is 0 Å². The third-order valence-electron chi connectivity index (χ3n) is 4.29. The van der Waals surface area contributed by atoms with Crippen molar-refractivity contribution in [1.29, 1.82) is 0 Å². The molecule has 0 aromatic carbocycles. The Morgan fingerprint density at radius 1 is 1.18 bits per heavy atom. The summed E-state index contributed by atoms with van der Waals surface area (Å²) in [6.07, 6.45) is 13.4. The maximum atomic E-state index is 11.5. The Balaban J connectivity index is 1.53. The minimum Gasteiger partial charge on any atom is -0.358 e. The van der Waals surface area contributed by atoms with E-state index in [2.05, 4.69) is 6.92 Å². The highest BCUT2D eigenvalue weighted by atomic mass is 16.6. The van der Waals surface area contributed by atoms with Gasteiger partial charge >= 0.3 is 0 Å². The number of carbonyl (C=O) groups is 1. The van der Waals surface area contributed by atoms with Crippen LogP contribution in [-0.2, 0) is 9.53 Å². The lowest BCUT2D eigenvalue weighted by Crippen LogP contribution is -2.26. The van der Waals surface area contributed by atoms with Crippen molar-refractivity contribution in [2.45, 2.75) is 89.3 Å². The SMILES string of the molecule is CCCCCCCCCC12CCCC(=O)C1O2. The third-order valence-corrected chi connectivity index (χ3v) is 4.29. The average molecular weight is 238 g/mol. The first-order chi connectivity index (χ1) is 8.28. The van der Waals surface area contributed by atoms with Gasteiger partial charge in [0.25, 0.3) is 0 Å². The Labute approximate surface area is 105 Å². The molecule has 0 N–H and O–H groups in total. The fourth-order valence-corrected chi connectivity index (χ4v) is 3.14. The molecule has 1 aliphatic heterocycles. The van der Waals surface area contributed by atoms with Crippen LogP contribution in [-0.4, -0.2) is 17.5 Å². The van der Waals surface area contributed by atoms with Crippen molar-refractivity contribution in [2.24, 2.45) is 0 Å². The van der Waals surface area contributed by atoms with Gasteiger partial charge in [-0.25, -0.2) is 0 Å². The first-order valence-electron chi connectivity index (χ1n) is 7.49. The molecule has 2 nitrogen and oxygen atoms in total. The van der Waals surface area contributed by atoms with Crippen molar-refractivity contribution in [3.05, 3.63) is 0 Å². The lowest BCUT2D eigenvalue weighted by atomic mass is 9.84. The van der Waals surface area contributed by atoms with Crippen molar-refractivity contribution in [2.75, 3.05) is 0 Å². The van der Waals surface area contributed by atoms with Crippen molar-refractivity contribution < 1.29 is 9.53 Å². The van der Waals surface area contributed by atoms with Gasteiger partial charge in [-0.05, 0) is 19.3 Å². The maximum absolute atomic E-state index is 11.5. The van der Waals surface area contributed by atoms with Crippen molar-refractivity contribution in [1.82, 2.24) is 0 Å². The highest BCUT2D eigenvalue weighted by Crippen LogP contribution is 2.49. The molecule has 0 spiro atoms. The number of ketones is 1. The maximum Gasteiger partial charge on any atom is 0.164 e. The summed E-state index contributed by atoms with van der Waals surface area (Å²) in [4.78, 5) is 11.5. The Morgan fingerprint density at radius 3 is 2.65 bits per heavy atom. The minimum absolute atomic E-state index is 0.00339. The number of carbonyl (C=O) groups excluding carboxylic acids is 1. The van der Waals surface area contributed by atoms with Gasteiger partial charge in [-0.1, -0.05) is 51.9 Å². The molecule has 1 saturated heterocycles. The Morgan fingerprint density at radius 2 is 1.88 bits per heavy atom. The van der Waals surface area contributed by atoms with Crippen molar-refractivity contribution >= 4 is 5.78 Å². The number of unbranched alkanes of at least 4 members (excludes halogenated alkanes) is 6. The summed E-state index contributed by atoms with van der Waals surface area (Å²) in [5.74, 6) is 0.360. The molecule has 1 aliphatic carbocycles. The van der Waals surface area contributed by atoms with E-state index in [9.17, 15) is 4.79 Å². The molecule has 17 heavy (non-hydrogen) atoms. The standard InChI is InChI=1S/C15H26O2/c1-2-3-4-5-6-7-8-11-15-12-9-10-13(16)14(15)17-15/h14H,2-12H2,1H3. The minimum atomic E-state index is -0.00339. The molecule has 2 unspecified atom stereocenters. The molecule has 1 saturated carbocycles. The van der Waals surface area contributed by atoms with Crippen LogP contribution in [0.25, 0.3) is 0 Å². The first-order valence-corrected chi connectivity index (χ1v) is 7.49. The third kappa shape index (κ3) is 3.31. The predicted octanol–water partition coefficient (Wildman–Crippen LogP) is 4.02. The summed E-state index contributed by atoms with van der Waals surface area (Å²) in [5, 5.41) is 0. The van der Waals surface area contributed by atoms with Gasteiger partial charge in [-0.2, -0.15) is 0 Å². The van der Waals surface area contributed by atoms with E-state index < -0.39 is 0 Å². The van der Waals surface area contributed by atoms with Crippen LogP contribution in [0.2, 0.25) is 0 Å². The van der Waals surface area contributed by atoms with Crippen LogP contribution in [0.15, 0.2) is 0 Å². The van der Waals surface area contributed by atoms with E-state index in [4.69, 9.17) is 4.74 Å². The molecule has 1 heterocycles. The zero-order valence-corrected chi connectivity index (χ0v) is 11.2. The van der Waals surface area contributed by atoms with Gasteiger partial charge in [0.05, 0.1) is 0 Å². The fourth-order valence-electron chi connectivity index (χ4n) is 3.14. The number of rotatable bonds is 8. The van der Waals surface area contributed by atoms with E-state index in [1.807, 2.05) is 0 Å². The molecule has 0 aromatic heterocycles. The Bertz CT molecular complexity index is 262. The van der Waals surface area contributed by atoms with E-state index in [1.54, 1.807) is 0 Å². The molecule has 0 bridgehead atoms. The quantitative estimate of drug-likeness (QED) is 0.472. The van der Waals surface area contributed by atoms with Crippen LogP contribution in [0.5, 0.6) is 0 Å². The molecule has 2 fully saturated rings. The Kier molecular flexibility index (Phi) is 4.61. The highest BCUT2D eigenvalue weighted by Gasteiger charge is 2.60. The normalized spacial score (nSPS) is 31.4. The summed E-state index contributed by atoms with van der Waals surface area (Å²) in [5.41, 5.74) is 0.0127. The lowest BCUT2D eigenvalue weighted by molar-refractivity contribution is -0.120. The van der Waals surface area contributed by atoms with E-state index in [-0.39, 0.29) is 11.7 Å². The smallest absolute Gasteiger partial charge is 0.164 e. The summed E-state index contributed by atoms with van der Waals surface area (Å²) in [6, 6.07) is 0. The number of Topliss-reactive ketones (excluding diaryl/α,β-unsaturated/α-hetero) is 1. The highest BCUT2D eigenvalue weighted by molar-refractivity contribution is 5.87. The van der Waals surface area contributed by atoms with Crippen LogP contribution >= 0.6 is 0 Å². The molecule has 2 atom stereocenters. The molecule has 2 heteroatoms. The van der Waals surface area contributed by atoms with Crippen LogP contribution in [0.3, 0.4) is 0 Å². The number of hydrogen-bond acceptors (Lipinski definition) is 2. The van der Waals surface area contributed by atoms with Gasteiger partial charge in [-0.3, -0.25) is 4.79 Å². The zero-order valence-electron chi connectivity index (χ0n) is 11.2. The second kappa shape index (κ2) is 5.99. The predicted molar refractivity (Wildman–Crippen MR) is 69.1 cm³/mol. The summed E-state index contributed by atoms with van der Waals surface area (Å²) in [6.45, 7) is 2.25. The monoisotopic (exact) mass is 238 g/mol. The molecule has 2 aliphatic rings. The molecule has 0 aromatic rings. The van der Waals surface area contributed by atoms with E-state index >= 15 is 0 Å². The van der Waals surface area contributed by atoms with E-state index in [1.165, 1.54) is 44.9 Å². The number of fused-ring (bicyclic) bond motifs is 1. The van der Waals surface area contributed by atoms with Gasteiger partial charge in [0.1, 0.15) is 11.7 Å².